The summed E-state index contributed by atoms with van der Waals surface area (Å²) in [7, 11) is 0. The van der Waals surface area contributed by atoms with Crippen molar-refractivity contribution in [3.63, 3.8) is 0 Å². The lowest BCUT2D eigenvalue weighted by molar-refractivity contribution is -0.113. The highest BCUT2D eigenvalue weighted by Crippen LogP contribution is 2.33. The zero-order chi connectivity index (χ0) is 25.8. The van der Waals surface area contributed by atoms with Gasteiger partial charge in [0.15, 0.2) is 22.5 Å². The first kappa shape index (κ1) is 26.0. The van der Waals surface area contributed by atoms with E-state index in [1.54, 1.807) is 18.2 Å². The van der Waals surface area contributed by atoms with Crippen molar-refractivity contribution in [2.24, 2.45) is 5.92 Å². The summed E-state index contributed by atoms with van der Waals surface area (Å²) >= 11 is 4.74. The molecule has 36 heavy (non-hydrogen) atoms. The number of aryl methyl sites for hydroxylation is 1. The van der Waals surface area contributed by atoms with Gasteiger partial charge in [-0.1, -0.05) is 41.5 Å². The first-order valence-corrected chi connectivity index (χ1v) is 13.4. The third-order valence-electron chi connectivity index (χ3n) is 5.72. The molecule has 2 amide bonds. The summed E-state index contributed by atoms with van der Waals surface area (Å²) in [6, 6.07) is 10.4. The topological polar surface area (TPSA) is 107 Å². The van der Waals surface area contributed by atoms with Crippen LogP contribution in [0.1, 0.15) is 48.6 Å². The molecule has 2 aromatic carbocycles. The Hall–Kier alpha value is -3.05. The number of carbonyl (C=O) groups is 2. The average Bonchev–Trinajstić information content (AvgIpc) is 3.48. The zero-order valence-corrected chi connectivity index (χ0v) is 22.9. The van der Waals surface area contributed by atoms with Crippen LogP contribution in [-0.4, -0.2) is 39.1 Å². The highest BCUT2D eigenvalue weighted by molar-refractivity contribution is 9.10. The number of hydrogen-bond acceptors (Lipinski definition) is 7. The Morgan fingerprint density at radius 1 is 1.14 bits per heavy atom. The van der Waals surface area contributed by atoms with Gasteiger partial charge in [0.25, 0.3) is 5.91 Å². The quantitative estimate of drug-likeness (QED) is 0.348. The summed E-state index contributed by atoms with van der Waals surface area (Å²) in [5, 5.41) is 15.4. The second-order valence-electron chi connectivity index (χ2n) is 8.64. The molecule has 1 atom stereocenters. The Morgan fingerprint density at radius 2 is 1.92 bits per heavy atom. The van der Waals surface area contributed by atoms with E-state index >= 15 is 0 Å². The third-order valence-corrected chi connectivity index (χ3v) is 7.18. The monoisotopic (exact) mass is 573 g/mol. The Bertz CT molecular complexity index is 1280. The predicted octanol–water partition coefficient (Wildman–Crippen LogP) is 4.96. The molecule has 0 saturated heterocycles. The molecular formula is C25H28BrN5O4S. The first-order valence-electron chi connectivity index (χ1n) is 11.6. The molecule has 190 valence electrons. The lowest BCUT2D eigenvalue weighted by Crippen LogP contribution is -2.33. The number of nitrogens with zero attached hydrogens (tertiary/aromatic N) is 3. The van der Waals surface area contributed by atoms with Crippen LogP contribution in [0.2, 0.25) is 0 Å². The van der Waals surface area contributed by atoms with Crippen LogP contribution in [0.5, 0.6) is 11.5 Å². The van der Waals surface area contributed by atoms with Crippen LogP contribution in [0.15, 0.2) is 46.0 Å². The summed E-state index contributed by atoms with van der Waals surface area (Å²) < 4.78 is 13.6. The van der Waals surface area contributed by atoms with E-state index in [-0.39, 0.29) is 36.3 Å². The van der Waals surface area contributed by atoms with Crippen LogP contribution in [0.3, 0.4) is 0 Å². The molecule has 2 N–H and O–H groups in total. The number of aromatic nitrogens is 3. The predicted molar refractivity (Wildman–Crippen MR) is 142 cm³/mol. The van der Waals surface area contributed by atoms with E-state index in [0.717, 1.165) is 15.7 Å². The standard InChI is InChI=1S/C25H28BrN5O4S/c1-5-31-23(22(14(2)3)28-24(33)16-6-9-19-20(11-16)35-13-34-19)29-30-25(31)36-12-21(32)27-18-8-7-17(26)10-15(18)4/h6-11,14,22H,5,12-13H2,1-4H3,(H,27,32)(H,28,33). The molecule has 0 spiro atoms. The molecule has 9 nitrogen and oxygen atoms in total. The van der Waals surface area contributed by atoms with Gasteiger partial charge < -0.3 is 24.7 Å². The van der Waals surface area contributed by atoms with E-state index in [1.165, 1.54) is 11.8 Å². The van der Waals surface area contributed by atoms with Crippen molar-refractivity contribution < 1.29 is 19.1 Å². The fourth-order valence-electron chi connectivity index (χ4n) is 3.81. The second kappa shape index (κ2) is 11.3. The number of anilines is 1. The minimum Gasteiger partial charge on any atom is -0.454 e. The van der Waals surface area contributed by atoms with Crippen LogP contribution in [0, 0.1) is 12.8 Å². The van der Waals surface area contributed by atoms with E-state index in [2.05, 4.69) is 36.8 Å². The maximum absolute atomic E-state index is 13.1. The highest BCUT2D eigenvalue weighted by atomic mass is 79.9. The number of rotatable bonds is 9. The van der Waals surface area contributed by atoms with Gasteiger partial charge in [-0.3, -0.25) is 9.59 Å². The lowest BCUT2D eigenvalue weighted by atomic mass is 10.0. The maximum atomic E-state index is 13.1. The number of amides is 2. The van der Waals surface area contributed by atoms with Crippen LogP contribution in [0.4, 0.5) is 5.69 Å². The van der Waals surface area contributed by atoms with Crippen molar-refractivity contribution in [3.05, 3.63) is 57.8 Å². The summed E-state index contributed by atoms with van der Waals surface area (Å²) in [6.45, 7) is 8.70. The first-order chi connectivity index (χ1) is 17.3. The number of hydrogen-bond donors (Lipinski definition) is 2. The van der Waals surface area contributed by atoms with E-state index < -0.39 is 0 Å². The molecule has 2 heterocycles. The largest absolute Gasteiger partial charge is 0.454 e. The minimum absolute atomic E-state index is 0.0546. The molecule has 11 heteroatoms. The van der Waals surface area contributed by atoms with Crippen molar-refractivity contribution >= 4 is 45.2 Å². The van der Waals surface area contributed by atoms with Crippen molar-refractivity contribution in [2.75, 3.05) is 17.9 Å². The number of halogens is 1. The van der Waals surface area contributed by atoms with Gasteiger partial charge in [-0.2, -0.15) is 0 Å². The van der Waals surface area contributed by atoms with Crippen LogP contribution in [-0.2, 0) is 11.3 Å². The zero-order valence-electron chi connectivity index (χ0n) is 20.5. The van der Waals surface area contributed by atoms with Crippen LogP contribution in [0.25, 0.3) is 0 Å². The highest BCUT2D eigenvalue weighted by Gasteiger charge is 2.27. The number of ether oxygens (including phenoxy) is 2. The van der Waals surface area contributed by atoms with Crippen molar-refractivity contribution in [2.45, 2.75) is 45.4 Å². The molecule has 0 fully saturated rings. The van der Waals surface area contributed by atoms with Gasteiger partial charge in [-0.25, -0.2) is 0 Å². The summed E-state index contributed by atoms with van der Waals surface area (Å²) in [4.78, 5) is 25.6. The van der Waals surface area contributed by atoms with Gasteiger partial charge in [0.2, 0.25) is 12.7 Å². The molecule has 4 rings (SSSR count). The van der Waals surface area contributed by atoms with E-state index in [4.69, 9.17) is 9.47 Å². The molecule has 1 aromatic heterocycles. The molecular weight excluding hydrogens is 546 g/mol. The Labute approximate surface area is 222 Å². The molecule has 1 unspecified atom stereocenters. The number of carbonyl (C=O) groups excluding carboxylic acids is 2. The fourth-order valence-corrected chi connectivity index (χ4v) is 5.09. The maximum Gasteiger partial charge on any atom is 0.252 e. The van der Waals surface area contributed by atoms with Crippen molar-refractivity contribution in [3.8, 4) is 11.5 Å². The van der Waals surface area contributed by atoms with Gasteiger partial charge in [0, 0.05) is 22.3 Å². The smallest absolute Gasteiger partial charge is 0.252 e. The summed E-state index contributed by atoms with van der Waals surface area (Å²) in [5.74, 6) is 1.69. The SMILES string of the molecule is CCn1c(SCC(=O)Nc2ccc(Br)cc2C)nnc1C(NC(=O)c1ccc2c(c1)OCO2)C(C)C. The molecule has 0 saturated carbocycles. The summed E-state index contributed by atoms with van der Waals surface area (Å²) in [5.41, 5.74) is 2.22. The minimum atomic E-state index is -0.371. The molecule has 3 aromatic rings. The molecule has 0 bridgehead atoms. The van der Waals surface area contributed by atoms with Gasteiger partial charge in [0.1, 0.15) is 0 Å². The van der Waals surface area contributed by atoms with E-state index in [1.807, 2.05) is 50.5 Å². The molecule has 1 aliphatic rings. The Kier molecular flexibility index (Phi) is 8.20. The second-order valence-corrected chi connectivity index (χ2v) is 10.5. The number of nitrogens with one attached hydrogen (secondary N) is 2. The van der Waals surface area contributed by atoms with Crippen molar-refractivity contribution in [1.82, 2.24) is 20.1 Å². The fraction of sp³-hybridized carbons (Fsp3) is 0.360. The summed E-state index contributed by atoms with van der Waals surface area (Å²) in [6.07, 6.45) is 0. The van der Waals surface area contributed by atoms with Gasteiger partial charge in [-0.15, -0.1) is 10.2 Å². The van der Waals surface area contributed by atoms with Gasteiger partial charge in [0.05, 0.1) is 11.8 Å². The van der Waals surface area contributed by atoms with Gasteiger partial charge in [-0.05, 0) is 61.7 Å². The van der Waals surface area contributed by atoms with Crippen LogP contribution >= 0.6 is 27.7 Å². The van der Waals surface area contributed by atoms with Gasteiger partial charge >= 0.3 is 0 Å². The van der Waals surface area contributed by atoms with Crippen LogP contribution < -0.4 is 20.1 Å². The lowest BCUT2D eigenvalue weighted by Gasteiger charge is -2.22. The Morgan fingerprint density at radius 3 is 2.64 bits per heavy atom. The molecule has 0 radical (unpaired) electrons. The van der Waals surface area contributed by atoms with E-state index in [9.17, 15) is 9.59 Å². The normalized spacial score (nSPS) is 13.1. The van der Waals surface area contributed by atoms with E-state index in [0.29, 0.717) is 34.6 Å². The van der Waals surface area contributed by atoms with Crippen molar-refractivity contribution in [1.29, 1.82) is 0 Å². The number of benzene rings is 2. The average molecular weight is 575 g/mol. The molecule has 1 aliphatic heterocycles. The number of fused-ring (bicyclic) bond motifs is 1. The number of thioether (sulfide) groups is 1. The molecule has 0 aliphatic carbocycles. The Balaban J connectivity index is 1.45. The third kappa shape index (κ3) is 5.84.